The third kappa shape index (κ3) is 4.65. The van der Waals surface area contributed by atoms with Crippen molar-refractivity contribution >= 4 is 23.9 Å². The highest BCUT2D eigenvalue weighted by Gasteiger charge is 2.21. The van der Waals surface area contributed by atoms with Crippen molar-refractivity contribution in [2.45, 2.75) is 26.7 Å². The number of nitrogens with one attached hydrogen (secondary N) is 1. The maximum atomic E-state index is 12.7. The lowest BCUT2D eigenvalue weighted by molar-refractivity contribution is -0.119. The van der Waals surface area contributed by atoms with Crippen LogP contribution in [-0.2, 0) is 4.79 Å². The molecule has 0 atom stereocenters. The lowest BCUT2D eigenvalue weighted by Crippen LogP contribution is -2.48. The molecule has 2 aromatic carbocycles. The van der Waals surface area contributed by atoms with Gasteiger partial charge < -0.3 is 15.1 Å². The van der Waals surface area contributed by atoms with E-state index in [-0.39, 0.29) is 11.8 Å². The van der Waals surface area contributed by atoms with E-state index in [4.69, 9.17) is 0 Å². The third-order valence-corrected chi connectivity index (χ3v) is 5.31. The zero-order chi connectivity index (χ0) is 21.0. The van der Waals surface area contributed by atoms with Crippen molar-refractivity contribution in [2.75, 3.05) is 31.5 Å². The molecule has 1 aliphatic heterocycles. The Balaban J connectivity index is 1.70. The lowest BCUT2D eigenvalue weighted by Gasteiger charge is -2.32. The monoisotopic (exact) mass is 393 g/mol. The van der Waals surface area contributed by atoms with Gasteiger partial charge in [-0.05, 0) is 48.2 Å². The summed E-state index contributed by atoms with van der Waals surface area (Å²) >= 11 is 0. The van der Waals surface area contributed by atoms with Gasteiger partial charge in [0.25, 0.3) is 11.8 Å². The van der Waals surface area contributed by atoms with Crippen LogP contribution in [0.25, 0.3) is 0 Å². The van der Waals surface area contributed by atoms with Crippen LogP contribution in [0.4, 0.5) is 5.69 Å². The van der Waals surface area contributed by atoms with Crippen LogP contribution in [0.1, 0.15) is 51.6 Å². The van der Waals surface area contributed by atoms with Crippen LogP contribution in [0.15, 0.2) is 42.5 Å². The van der Waals surface area contributed by atoms with E-state index in [1.54, 1.807) is 34.1 Å². The number of carbonyl (C=O) groups is 3. The Morgan fingerprint density at radius 2 is 1.59 bits per heavy atom. The van der Waals surface area contributed by atoms with Crippen molar-refractivity contribution in [3.05, 3.63) is 64.7 Å². The van der Waals surface area contributed by atoms with Crippen LogP contribution in [0.2, 0.25) is 0 Å². The number of amides is 3. The Hall–Kier alpha value is -3.15. The van der Waals surface area contributed by atoms with E-state index in [2.05, 4.69) is 19.2 Å². The second-order valence-electron chi connectivity index (χ2n) is 7.66. The highest BCUT2D eigenvalue weighted by molar-refractivity contribution is 6.05. The Bertz CT molecular complexity index is 898. The third-order valence-electron chi connectivity index (χ3n) is 5.31. The lowest BCUT2D eigenvalue weighted by atomic mass is 9.98. The van der Waals surface area contributed by atoms with Crippen molar-refractivity contribution in [3.8, 4) is 0 Å². The summed E-state index contributed by atoms with van der Waals surface area (Å²) in [4.78, 5) is 39.6. The number of hydrogen-bond donors (Lipinski definition) is 1. The number of nitrogens with zero attached hydrogens (tertiary/aromatic N) is 2. The van der Waals surface area contributed by atoms with Crippen molar-refractivity contribution in [1.82, 2.24) is 9.80 Å². The molecule has 0 saturated carbocycles. The van der Waals surface area contributed by atoms with E-state index >= 15 is 0 Å². The first-order valence-electron chi connectivity index (χ1n) is 9.90. The summed E-state index contributed by atoms with van der Waals surface area (Å²) in [5, 5.41) is 3.03. The molecule has 1 fully saturated rings. The standard InChI is InChI=1S/C23H27N3O3/c1-16(2)20-6-4-5-17(3)21(20)24-22(28)18-7-9-19(10-8-18)23(29)26-13-11-25(15-27)12-14-26/h4-10,15-16H,11-14H2,1-3H3,(H,24,28). The molecule has 29 heavy (non-hydrogen) atoms. The second-order valence-corrected chi connectivity index (χ2v) is 7.66. The van der Waals surface area contributed by atoms with E-state index < -0.39 is 0 Å². The number of anilines is 1. The van der Waals surface area contributed by atoms with Gasteiger partial charge in [0.15, 0.2) is 0 Å². The van der Waals surface area contributed by atoms with Crippen LogP contribution in [0.3, 0.4) is 0 Å². The number of benzene rings is 2. The minimum Gasteiger partial charge on any atom is -0.342 e. The maximum Gasteiger partial charge on any atom is 0.255 e. The molecule has 1 saturated heterocycles. The minimum absolute atomic E-state index is 0.0801. The van der Waals surface area contributed by atoms with E-state index in [9.17, 15) is 14.4 Å². The molecule has 6 heteroatoms. The molecule has 0 unspecified atom stereocenters. The molecule has 3 amide bonds. The first-order chi connectivity index (χ1) is 13.9. The summed E-state index contributed by atoms with van der Waals surface area (Å²) in [6.07, 6.45) is 0.814. The van der Waals surface area contributed by atoms with Crippen LogP contribution >= 0.6 is 0 Å². The largest absolute Gasteiger partial charge is 0.342 e. The Morgan fingerprint density at radius 1 is 0.966 bits per heavy atom. The highest BCUT2D eigenvalue weighted by atomic mass is 16.2. The number of aryl methyl sites for hydroxylation is 1. The first kappa shape index (κ1) is 20.6. The number of rotatable bonds is 5. The van der Waals surface area contributed by atoms with Gasteiger partial charge in [-0.25, -0.2) is 0 Å². The second kappa shape index (κ2) is 8.90. The number of piperazine rings is 1. The van der Waals surface area contributed by atoms with Gasteiger partial charge >= 0.3 is 0 Å². The van der Waals surface area contributed by atoms with Gasteiger partial charge in [-0.1, -0.05) is 32.0 Å². The fourth-order valence-electron chi connectivity index (χ4n) is 3.51. The average molecular weight is 393 g/mol. The van der Waals surface area contributed by atoms with E-state index in [0.29, 0.717) is 43.2 Å². The van der Waals surface area contributed by atoms with Gasteiger partial charge in [0.05, 0.1) is 0 Å². The number of hydrogen-bond acceptors (Lipinski definition) is 3. The summed E-state index contributed by atoms with van der Waals surface area (Å²) in [7, 11) is 0. The minimum atomic E-state index is -0.195. The van der Waals surface area contributed by atoms with Gasteiger partial charge in [0.2, 0.25) is 6.41 Å². The molecule has 6 nitrogen and oxygen atoms in total. The van der Waals surface area contributed by atoms with Crippen molar-refractivity contribution in [3.63, 3.8) is 0 Å². The Kier molecular flexibility index (Phi) is 6.32. The summed E-state index contributed by atoms with van der Waals surface area (Å²) in [5.41, 5.74) is 4.01. The van der Waals surface area contributed by atoms with Gasteiger partial charge in [0, 0.05) is 43.0 Å². The normalized spacial score (nSPS) is 14.1. The quantitative estimate of drug-likeness (QED) is 0.793. The molecule has 1 N–H and O–H groups in total. The van der Waals surface area contributed by atoms with Gasteiger partial charge in [-0.15, -0.1) is 0 Å². The molecule has 0 spiro atoms. The zero-order valence-corrected chi connectivity index (χ0v) is 17.1. The predicted octanol–water partition coefficient (Wildman–Crippen LogP) is 3.28. The summed E-state index contributed by atoms with van der Waals surface area (Å²) in [5.74, 6) is 0.0215. The van der Waals surface area contributed by atoms with Crippen LogP contribution < -0.4 is 5.32 Å². The summed E-state index contributed by atoms with van der Waals surface area (Å²) in [6.45, 7) is 8.30. The van der Waals surface area contributed by atoms with Gasteiger partial charge in [0.1, 0.15) is 0 Å². The summed E-state index contributed by atoms with van der Waals surface area (Å²) in [6, 6.07) is 12.7. The molecular weight excluding hydrogens is 366 g/mol. The number of para-hydroxylation sites is 1. The fourth-order valence-corrected chi connectivity index (χ4v) is 3.51. The first-order valence-corrected chi connectivity index (χ1v) is 9.90. The topological polar surface area (TPSA) is 69.7 Å². The molecular formula is C23H27N3O3. The molecule has 1 aliphatic rings. The maximum absolute atomic E-state index is 12.7. The zero-order valence-electron chi connectivity index (χ0n) is 17.1. The fraction of sp³-hybridized carbons (Fsp3) is 0.348. The highest BCUT2D eigenvalue weighted by Crippen LogP contribution is 2.28. The van der Waals surface area contributed by atoms with Crippen molar-refractivity contribution < 1.29 is 14.4 Å². The predicted molar refractivity (Wildman–Crippen MR) is 113 cm³/mol. The van der Waals surface area contributed by atoms with E-state index in [0.717, 1.165) is 23.2 Å². The van der Waals surface area contributed by atoms with Crippen LogP contribution in [0, 0.1) is 6.92 Å². The van der Waals surface area contributed by atoms with Crippen molar-refractivity contribution in [1.29, 1.82) is 0 Å². The molecule has 2 aromatic rings. The van der Waals surface area contributed by atoms with Crippen LogP contribution in [-0.4, -0.2) is 54.2 Å². The molecule has 3 rings (SSSR count). The molecule has 1 heterocycles. The molecule has 0 radical (unpaired) electrons. The Labute approximate surface area is 171 Å². The van der Waals surface area contributed by atoms with E-state index in [1.165, 1.54) is 0 Å². The molecule has 152 valence electrons. The molecule has 0 bridgehead atoms. The Morgan fingerprint density at radius 3 is 2.17 bits per heavy atom. The van der Waals surface area contributed by atoms with Gasteiger partial charge in [-0.2, -0.15) is 0 Å². The SMILES string of the molecule is Cc1cccc(C(C)C)c1NC(=O)c1ccc(C(=O)N2CCN(C=O)CC2)cc1. The average Bonchev–Trinajstić information content (AvgIpc) is 2.74. The molecule has 0 aliphatic carbocycles. The summed E-state index contributed by atoms with van der Waals surface area (Å²) < 4.78 is 0. The van der Waals surface area contributed by atoms with Crippen LogP contribution in [0.5, 0.6) is 0 Å². The molecule has 0 aromatic heterocycles. The number of carbonyl (C=O) groups excluding carboxylic acids is 3. The van der Waals surface area contributed by atoms with Crippen molar-refractivity contribution in [2.24, 2.45) is 0 Å². The smallest absolute Gasteiger partial charge is 0.255 e. The van der Waals surface area contributed by atoms with Gasteiger partial charge in [-0.3, -0.25) is 14.4 Å². The van der Waals surface area contributed by atoms with E-state index in [1.807, 2.05) is 25.1 Å².